The van der Waals surface area contributed by atoms with Crippen molar-refractivity contribution < 1.29 is 7.13 Å². The number of pyridine rings is 1. The van der Waals surface area contributed by atoms with Crippen molar-refractivity contribution in [3.05, 3.63) is 27.1 Å². The van der Waals surface area contributed by atoms with E-state index in [1.807, 2.05) is 0 Å². The van der Waals surface area contributed by atoms with E-state index in [1.165, 1.54) is 0 Å². The molecule has 0 saturated heterocycles. The van der Waals surface area contributed by atoms with Gasteiger partial charge in [0, 0.05) is 12.1 Å². The van der Waals surface area contributed by atoms with Gasteiger partial charge in [-0.2, -0.15) is 0 Å². The lowest BCUT2D eigenvalue weighted by Gasteiger charge is -1.90. The molecule has 1 rings (SSSR count). The van der Waals surface area contributed by atoms with Crippen molar-refractivity contribution in [1.82, 2.24) is 4.98 Å². The van der Waals surface area contributed by atoms with Crippen molar-refractivity contribution in [2.45, 2.75) is 0 Å². The fraction of sp³-hybridized carbons (Fsp3) is 0. The van der Waals surface area contributed by atoms with E-state index in [1.54, 1.807) is 0 Å². The Labute approximate surface area is 71.4 Å². The van der Waals surface area contributed by atoms with Crippen molar-refractivity contribution in [3.8, 4) is 0 Å². The molecule has 0 saturated carbocycles. The molecule has 0 spiro atoms. The SMILES string of the molecule is [2H]c1c(Br)nc(Br)c([2H])c1F. The molecule has 1 heterocycles. The van der Waals surface area contributed by atoms with E-state index >= 15 is 0 Å². The normalized spacial score (nSPS) is 12.8. The zero-order chi connectivity index (χ0) is 8.59. The zero-order valence-electron chi connectivity index (χ0n) is 6.08. The Hall–Kier alpha value is 0.0400. The summed E-state index contributed by atoms with van der Waals surface area (Å²) < 4.78 is 27.1. The van der Waals surface area contributed by atoms with Crippen LogP contribution in [0, 0.1) is 5.82 Å². The quantitative estimate of drug-likeness (QED) is 0.651. The van der Waals surface area contributed by atoms with Crippen molar-refractivity contribution in [3.63, 3.8) is 0 Å². The van der Waals surface area contributed by atoms with Gasteiger partial charge in [0.1, 0.15) is 15.0 Å². The summed E-state index contributed by atoms with van der Waals surface area (Å²) >= 11 is 5.76. The number of halogens is 3. The highest BCUT2D eigenvalue weighted by Gasteiger charge is 1.94. The number of hydrogen-bond acceptors (Lipinski definition) is 1. The van der Waals surface area contributed by atoms with E-state index in [0.29, 0.717) is 0 Å². The lowest BCUT2D eigenvalue weighted by Crippen LogP contribution is -1.79. The maximum Gasteiger partial charge on any atom is 0.128 e. The van der Waals surface area contributed by atoms with Crippen LogP contribution in [0.2, 0.25) is 0 Å². The maximum absolute atomic E-state index is 12.8. The zero-order valence-corrected chi connectivity index (χ0v) is 7.25. The van der Waals surface area contributed by atoms with Gasteiger partial charge in [0.25, 0.3) is 0 Å². The van der Waals surface area contributed by atoms with Crippen molar-refractivity contribution in [1.29, 1.82) is 0 Å². The molecule has 0 bridgehead atoms. The lowest BCUT2D eigenvalue weighted by atomic mass is 10.5. The Morgan fingerprint density at radius 3 is 2.33 bits per heavy atom. The Kier molecular flexibility index (Phi) is 1.46. The predicted octanol–water partition coefficient (Wildman–Crippen LogP) is 2.75. The van der Waals surface area contributed by atoms with Gasteiger partial charge in [-0.25, -0.2) is 9.37 Å². The third kappa shape index (κ3) is 2.02. The largest absolute Gasteiger partial charge is 0.234 e. The topological polar surface area (TPSA) is 12.9 Å². The minimum absolute atomic E-state index is 0.0953. The number of aromatic nitrogens is 1. The number of rotatable bonds is 0. The monoisotopic (exact) mass is 255 g/mol. The Bertz CT molecular complexity index is 279. The molecule has 0 aliphatic rings. The van der Waals surface area contributed by atoms with E-state index in [2.05, 4.69) is 36.8 Å². The number of nitrogens with zero attached hydrogens (tertiary/aromatic N) is 1. The fourth-order valence-corrected chi connectivity index (χ4v) is 1.30. The van der Waals surface area contributed by atoms with Gasteiger partial charge in [-0.15, -0.1) is 0 Å². The summed E-state index contributed by atoms with van der Waals surface area (Å²) in [6, 6.07) is -0.781. The van der Waals surface area contributed by atoms with Crippen molar-refractivity contribution in [2.75, 3.05) is 0 Å². The van der Waals surface area contributed by atoms with E-state index in [0.717, 1.165) is 0 Å². The van der Waals surface area contributed by atoms with Gasteiger partial charge in [-0.05, 0) is 31.9 Å². The summed E-state index contributed by atoms with van der Waals surface area (Å²) in [4.78, 5) is 3.65. The second-order valence-electron chi connectivity index (χ2n) is 1.26. The molecule has 0 N–H and O–H groups in total. The van der Waals surface area contributed by atoms with Crippen LogP contribution in [0.4, 0.5) is 4.39 Å². The van der Waals surface area contributed by atoms with Crippen LogP contribution in [0.25, 0.3) is 0 Å². The molecule has 1 aromatic rings. The summed E-state index contributed by atoms with van der Waals surface area (Å²) in [5, 5.41) is 0. The highest BCUT2D eigenvalue weighted by atomic mass is 79.9. The minimum atomic E-state index is -0.876. The van der Waals surface area contributed by atoms with E-state index in [-0.39, 0.29) is 9.21 Å². The van der Waals surface area contributed by atoms with Gasteiger partial charge in [-0.3, -0.25) is 0 Å². The fourth-order valence-electron chi connectivity index (χ4n) is 0.354. The Morgan fingerprint density at radius 1 is 1.44 bits per heavy atom. The summed E-state index contributed by atoms with van der Waals surface area (Å²) in [6.45, 7) is 0. The van der Waals surface area contributed by atoms with Gasteiger partial charge < -0.3 is 0 Å². The van der Waals surface area contributed by atoms with Gasteiger partial charge in [-0.1, -0.05) is 0 Å². The molecule has 0 radical (unpaired) electrons. The molecule has 1 aromatic heterocycles. The summed E-state index contributed by atoms with van der Waals surface area (Å²) in [7, 11) is 0. The van der Waals surface area contributed by atoms with Crippen LogP contribution in [-0.2, 0) is 0 Å². The van der Waals surface area contributed by atoms with E-state index in [4.69, 9.17) is 2.74 Å². The average Bonchev–Trinajstić information content (AvgIpc) is 1.97. The van der Waals surface area contributed by atoms with E-state index < -0.39 is 17.9 Å². The first-order chi connectivity index (χ1) is 5.04. The molecule has 48 valence electrons. The molecule has 0 aromatic carbocycles. The van der Waals surface area contributed by atoms with Crippen LogP contribution in [0.15, 0.2) is 21.3 Å². The highest BCUT2D eigenvalue weighted by molar-refractivity contribution is 9.11. The molecule has 0 aliphatic carbocycles. The summed E-state index contributed by atoms with van der Waals surface area (Å²) in [5.41, 5.74) is 0. The van der Waals surface area contributed by atoms with Crippen LogP contribution in [0.3, 0.4) is 0 Å². The van der Waals surface area contributed by atoms with Crippen molar-refractivity contribution >= 4 is 31.9 Å². The Morgan fingerprint density at radius 2 is 1.89 bits per heavy atom. The van der Waals surface area contributed by atoms with Gasteiger partial charge in [0.05, 0.1) is 2.74 Å². The Balaban J connectivity index is 3.46. The molecule has 0 atom stereocenters. The first-order valence-electron chi connectivity index (χ1n) is 3.01. The van der Waals surface area contributed by atoms with Gasteiger partial charge in [0.15, 0.2) is 0 Å². The maximum atomic E-state index is 12.8. The van der Waals surface area contributed by atoms with Crippen LogP contribution >= 0.6 is 31.9 Å². The third-order valence-electron chi connectivity index (χ3n) is 0.622. The highest BCUT2D eigenvalue weighted by Crippen LogP contribution is 2.13. The summed E-state index contributed by atoms with van der Waals surface area (Å²) in [5.74, 6) is -0.876. The standard InChI is InChI=1S/C5H2Br2FN/c6-4-1-3(8)2-5(7)9-4/h1-2H/i1D,2D. The van der Waals surface area contributed by atoms with Gasteiger partial charge >= 0.3 is 0 Å². The van der Waals surface area contributed by atoms with Crippen LogP contribution in [0.5, 0.6) is 0 Å². The summed E-state index contributed by atoms with van der Waals surface area (Å²) in [6.07, 6.45) is 0. The molecule has 4 heteroatoms. The molecule has 0 aliphatic heterocycles. The lowest BCUT2D eigenvalue weighted by molar-refractivity contribution is 0.623. The first-order valence-corrected chi connectivity index (χ1v) is 3.60. The van der Waals surface area contributed by atoms with E-state index in [9.17, 15) is 4.39 Å². The number of hydrogen-bond donors (Lipinski definition) is 0. The van der Waals surface area contributed by atoms with Crippen LogP contribution in [0.1, 0.15) is 2.74 Å². The van der Waals surface area contributed by atoms with Crippen LogP contribution in [-0.4, -0.2) is 4.98 Å². The molecule has 0 unspecified atom stereocenters. The third-order valence-corrected chi connectivity index (χ3v) is 1.37. The molecular formula is C5H2Br2FN. The van der Waals surface area contributed by atoms with Crippen LogP contribution < -0.4 is 0 Å². The molecule has 1 nitrogen and oxygen atoms in total. The second-order valence-corrected chi connectivity index (χ2v) is 2.76. The van der Waals surface area contributed by atoms with Crippen molar-refractivity contribution in [2.24, 2.45) is 0 Å². The molecule has 0 fully saturated rings. The molecule has 0 amide bonds. The molecular weight excluding hydrogens is 253 g/mol. The van der Waals surface area contributed by atoms with Gasteiger partial charge in [0.2, 0.25) is 0 Å². The second kappa shape index (κ2) is 2.75. The smallest absolute Gasteiger partial charge is 0.128 e. The molecule has 9 heavy (non-hydrogen) atoms. The predicted molar refractivity (Wildman–Crippen MR) is 39.6 cm³/mol. The minimum Gasteiger partial charge on any atom is -0.234 e. The first kappa shape index (κ1) is 4.79. The average molecular weight is 257 g/mol.